The molecule has 8 nitrogen and oxygen atoms in total. The van der Waals surface area contributed by atoms with Gasteiger partial charge in [-0.3, -0.25) is 4.57 Å². The molecule has 5 rings (SSSR count). The van der Waals surface area contributed by atoms with E-state index in [1.165, 1.54) is 18.5 Å². The number of epoxide rings is 1. The van der Waals surface area contributed by atoms with Crippen LogP contribution in [0, 0.1) is 11.6 Å². The lowest BCUT2D eigenvalue weighted by atomic mass is 9.96. The van der Waals surface area contributed by atoms with Crippen molar-refractivity contribution in [3.8, 4) is 17.4 Å². The molecule has 1 atom stereocenters. The maximum absolute atomic E-state index is 14.1. The standard InChI is InChI=1S/C20H16F2N6O2/c21-14-1-6-17(18(22)11-14)20(12-30-20)7-10-29-19-23-8-9-27(19)15-2-4-16(5-3-15)28-13-24-25-26-28/h1-6,8-9,11,13H,7,10,12H2/t20-/m0/s1. The second-order valence-corrected chi connectivity index (χ2v) is 6.86. The number of benzene rings is 2. The highest BCUT2D eigenvalue weighted by molar-refractivity contribution is 5.42. The molecule has 0 unspecified atom stereocenters. The van der Waals surface area contributed by atoms with Gasteiger partial charge in [0.05, 0.1) is 24.6 Å². The molecule has 1 aliphatic rings. The second-order valence-electron chi connectivity index (χ2n) is 6.86. The van der Waals surface area contributed by atoms with Crippen LogP contribution in [0.5, 0.6) is 6.01 Å². The Morgan fingerprint density at radius 1 is 1.10 bits per heavy atom. The number of hydrogen-bond acceptors (Lipinski definition) is 6. The Morgan fingerprint density at radius 2 is 1.90 bits per heavy atom. The van der Waals surface area contributed by atoms with Crippen molar-refractivity contribution in [2.45, 2.75) is 12.0 Å². The molecule has 0 amide bonds. The molecule has 0 radical (unpaired) electrons. The molecule has 0 saturated carbocycles. The molecule has 1 saturated heterocycles. The molecular formula is C20H16F2N6O2. The minimum Gasteiger partial charge on any atom is -0.464 e. The Bertz CT molecular complexity index is 1160. The molecule has 1 fully saturated rings. The fourth-order valence-corrected chi connectivity index (χ4v) is 3.33. The van der Waals surface area contributed by atoms with Crippen LogP contribution in [0.4, 0.5) is 8.78 Å². The van der Waals surface area contributed by atoms with Crippen molar-refractivity contribution in [1.29, 1.82) is 0 Å². The first-order chi connectivity index (χ1) is 14.6. The smallest absolute Gasteiger partial charge is 0.300 e. The fourth-order valence-electron chi connectivity index (χ4n) is 3.33. The van der Waals surface area contributed by atoms with E-state index in [0.717, 1.165) is 17.4 Å². The lowest BCUT2D eigenvalue weighted by molar-refractivity contribution is 0.213. The first kappa shape index (κ1) is 18.4. The zero-order valence-electron chi connectivity index (χ0n) is 15.7. The number of ether oxygens (including phenoxy) is 2. The Kier molecular flexibility index (Phi) is 4.47. The van der Waals surface area contributed by atoms with Crippen LogP contribution in [-0.4, -0.2) is 43.0 Å². The summed E-state index contributed by atoms with van der Waals surface area (Å²) in [6.45, 7) is 0.627. The highest BCUT2D eigenvalue weighted by atomic mass is 19.1. The van der Waals surface area contributed by atoms with Gasteiger partial charge in [-0.05, 0) is 40.8 Å². The van der Waals surface area contributed by atoms with Gasteiger partial charge in [0.15, 0.2) is 0 Å². The highest BCUT2D eigenvalue weighted by Gasteiger charge is 2.48. The summed E-state index contributed by atoms with van der Waals surface area (Å²) in [6, 6.07) is 11.5. The van der Waals surface area contributed by atoms with Crippen LogP contribution in [-0.2, 0) is 10.3 Å². The first-order valence-corrected chi connectivity index (χ1v) is 9.24. The first-order valence-electron chi connectivity index (χ1n) is 9.24. The second kappa shape index (κ2) is 7.30. The van der Waals surface area contributed by atoms with Crippen molar-refractivity contribution >= 4 is 0 Å². The lowest BCUT2D eigenvalue weighted by Crippen LogP contribution is -2.16. The predicted octanol–water partition coefficient (Wildman–Crippen LogP) is 2.82. The van der Waals surface area contributed by atoms with Crippen LogP contribution in [0.15, 0.2) is 61.2 Å². The number of rotatable bonds is 7. The average molecular weight is 410 g/mol. The van der Waals surface area contributed by atoms with Gasteiger partial charge < -0.3 is 9.47 Å². The van der Waals surface area contributed by atoms with Gasteiger partial charge in [0.25, 0.3) is 0 Å². The van der Waals surface area contributed by atoms with E-state index in [9.17, 15) is 8.78 Å². The van der Waals surface area contributed by atoms with Crippen molar-refractivity contribution in [2.75, 3.05) is 13.2 Å². The van der Waals surface area contributed by atoms with Crippen molar-refractivity contribution < 1.29 is 18.3 Å². The van der Waals surface area contributed by atoms with Crippen molar-refractivity contribution in [3.05, 3.63) is 78.4 Å². The predicted molar refractivity (Wildman–Crippen MR) is 100 cm³/mol. The summed E-state index contributed by atoms with van der Waals surface area (Å²) in [6.07, 6.45) is 5.35. The minimum atomic E-state index is -0.775. The average Bonchev–Trinajstić information content (AvgIpc) is 3.15. The number of nitrogens with zero attached hydrogens (tertiary/aromatic N) is 6. The van der Waals surface area contributed by atoms with Gasteiger partial charge in [-0.2, -0.15) is 0 Å². The summed E-state index contributed by atoms with van der Waals surface area (Å²) in [7, 11) is 0. The summed E-state index contributed by atoms with van der Waals surface area (Å²) in [5.41, 5.74) is 1.23. The highest BCUT2D eigenvalue weighted by Crippen LogP contribution is 2.43. The Morgan fingerprint density at radius 3 is 2.60 bits per heavy atom. The molecule has 0 bridgehead atoms. The van der Waals surface area contributed by atoms with Gasteiger partial charge in [0.1, 0.15) is 23.6 Å². The normalized spacial score (nSPS) is 17.8. The van der Waals surface area contributed by atoms with Crippen LogP contribution < -0.4 is 4.74 Å². The van der Waals surface area contributed by atoms with E-state index in [-0.39, 0.29) is 6.61 Å². The van der Waals surface area contributed by atoms with Crippen LogP contribution in [0.3, 0.4) is 0 Å². The van der Waals surface area contributed by atoms with Gasteiger partial charge in [-0.1, -0.05) is 6.07 Å². The summed E-state index contributed by atoms with van der Waals surface area (Å²) >= 11 is 0. The van der Waals surface area contributed by atoms with Crippen molar-refractivity contribution in [1.82, 2.24) is 29.8 Å². The van der Waals surface area contributed by atoms with E-state index >= 15 is 0 Å². The summed E-state index contributed by atoms with van der Waals surface area (Å²) < 4.78 is 42.0. The third kappa shape index (κ3) is 3.41. The maximum atomic E-state index is 14.1. The Hall–Kier alpha value is -3.66. The van der Waals surface area contributed by atoms with Crippen LogP contribution in [0.2, 0.25) is 0 Å². The monoisotopic (exact) mass is 410 g/mol. The molecule has 1 aliphatic heterocycles. The number of halogens is 2. The number of hydrogen-bond donors (Lipinski definition) is 0. The molecule has 2 aromatic carbocycles. The molecule has 0 N–H and O–H groups in total. The van der Waals surface area contributed by atoms with Gasteiger partial charge in [0.2, 0.25) is 0 Å². The molecule has 30 heavy (non-hydrogen) atoms. The fraction of sp³-hybridized carbons (Fsp3) is 0.200. The zero-order chi connectivity index (χ0) is 20.6. The van der Waals surface area contributed by atoms with E-state index in [0.29, 0.717) is 24.6 Å². The molecule has 152 valence electrons. The van der Waals surface area contributed by atoms with E-state index in [4.69, 9.17) is 9.47 Å². The van der Waals surface area contributed by atoms with Crippen molar-refractivity contribution in [3.63, 3.8) is 0 Å². The van der Waals surface area contributed by atoms with Gasteiger partial charge in [-0.15, -0.1) is 5.10 Å². The van der Waals surface area contributed by atoms with E-state index in [1.54, 1.807) is 21.6 Å². The minimum absolute atomic E-state index is 0.260. The third-order valence-electron chi connectivity index (χ3n) is 5.00. The maximum Gasteiger partial charge on any atom is 0.300 e. The van der Waals surface area contributed by atoms with Crippen LogP contribution >= 0.6 is 0 Å². The third-order valence-corrected chi connectivity index (χ3v) is 5.00. The molecule has 0 spiro atoms. The van der Waals surface area contributed by atoms with E-state index < -0.39 is 17.2 Å². The SMILES string of the molecule is Fc1ccc([C@]2(CCOc3nccn3-c3ccc(-n4cnnn4)cc3)CO2)c(F)c1. The number of tetrazole rings is 1. The molecule has 10 heteroatoms. The molecular weight excluding hydrogens is 394 g/mol. The molecule has 4 aromatic rings. The van der Waals surface area contributed by atoms with Crippen molar-refractivity contribution in [2.24, 2.45) is 0 Å². The number of imidazole rings is 1. The Balaban J connectivity index is 1.27. The van der Waals surface area contributed by atoms with Gasteiger partial charge >= 0.3 is 6.01 Å². The largest absolute Gasteiger partial charge is 0.464 e. The van der Waals surface area contributed by atoms with E-state index in [2.05, 4.69) is 20.5 Å². The Labute approximate surface area is 169 Å². The van der Waals surface area contributed by atoms with Gasteiger partial charge in [0, 0.05) is 30.4 Å². The van der Waals surface area contributed by atoms with Crippen LogP contribution in [0.1, 0.15) is 12.0 Å². The summed E-state index contributed by atoms with van der Waals surface area (Å²) in [5, 5.41) is 11.1. The lowest BCUT2D eigenvalue weighted by Gasteiger charge is -2.14. The number of aromatic nitrogens is 6. The quantitative estimate of drug-likeness (QED) is 0.436. The topological polar surface area (TPSA) is 83.2 Å². The molecule has 0 aliphatic carbocycles. The van der Waals surface area contributed by atoms with Crippen LogP contribution in [0.25, 0.3) is 11.4 Å². The van der Waals surface area contributed by atoms with Gasteiger partial charge in [-0.25, -0.2) is 18.4 Å². The van der Waals surface area contributed by atoms with E-state index in [1.807, 2.05) is 24.3 Å². The zero-order valence-corrected chi connectivity index (χ0v) is 15.7. The summed E-state index contributed by atoms with van der Waals surface area (Å²) in [4.78, 5) is 4.25. The molecule has 3 heterocycles. The molecule has 2 aromatic heterocycles. The summed E-state index contributed by atoms with van der Waals surface area (Å²) in [5.74, 6) is -1.23.